The van der Waals surface area contributed by atoms with Gasteiger partial charge in [0, 0.05) is 24.7 Å². The van der Waals surface area contributed by atoms with Crippen molar-refractivity contribution < 1.29 is 27.8 Å². The van der Waals surface area contributed by atoms with E-state index in [1.165, 1.54) is 17.7 Å². The molecule has 31 heavy (non-hydrogen) atoms. The standard InChI is InChI=1S/C23H19F3N2O3/c1-31-22(30)18-9-5-8-16(12-18)10-11-19(29)13-21-27-20(23(24,25)26)15-28(21)14-17-6-3-2-4-7-17/h2-9,12,15,19,29H,13-14H2,1H3. The van der Waals surface area contributed by atoms with Crippen LogP contribution in [-0.4, -0.2) is 33.8 Å². The first-order chi connectivity index (χ1) is 14.8. The van der Waals surface area contributed by atoms with Crippen molar-refractivity contribution in [2.45, 2.75) is 25.2 Å². The molecule has 0 fully saturated rings. The van der Waals surface area contributed by atoms with Crippen molar-refractivity contribution in [2.24, 2.45) is 0 Å². The molecule has 8 heteroatoms. The lowest BCUT2D eigenvalue weighted by Gasteiger charge is -2.09. The van der Waals surface area contributed by atoms with Gasteiger partial charge in [-0.15, -0.1) is 0 Å². The summed E-state index contributed by atoms with van der Waals surface area (Å²) in [7, 11) is 1.26. The molecule has 0 amide bonds. The fraction of sp³-hybridized carbons (Fsp3) is 0.217. The maximum Gasteiger partial charge on any atom is 0.434 e. The number of methoxy groups -OCH3 is 1. The van der Waals surface area contributed by atoms with Gasteiger partial charge in [-0.1, -0.05) is 48.2 Å². The van der Waals surface area contributed by atoms with Gasteiger partial charge >= 0.3 is 12.1 Å². The number of hydrogen-bond acceptors (Lipinski definition) is 4. The van der Waals surface area contributed by atoms with E-state index in [1.54, 1.807) is 42.5 Å². The number of rotatable bonds is 5. The molecular weight excluding hydrogens is 409 g/mol. The Balaban J connectivity index is 1.81. The fourth-order valence-corrected chi connectivity index (χ4v) is 2.90. The lowest BCUT2D eigenvalue weighted by atomic mass is 10.1. The number of imidazole rings is 1. The number of carbonyl (C=O) groups excluding carboxylic acids is 1. The molecule has 1 aromatic heterocycles. The number of esters is 1. The van der Waals surface area contributed by atoms with Gasteiger partial charge in [0.05, 0.1) is 12.7 Å². The molecule has 1 N–H and O–H groups in total. The normalized spacial score (nSPS) is 12.0. The van der Waals surface area contributed by atoms with Crippen molar-refractivity contribution >= 4 is 5.97 Å². The molecule has 0 radical (unpaired) electrons. The highest BCUT2D eigenvalue weighted by Gasteiger charge is 2.35. The average molecular weight is 428 g/mol. The highest BCUT2D eigenvalue weighted by molar-refractivity contribution is 5.89. The number of hydrogen-bond donors (Lipinski definition) is 1. The van der Waals surface area contributed by atoms with Crippen LogP contribution < -0.4 is 0 Å². The van der Waals surface area contributed by atoms with E-state index in [9.17, 15) is 23.1 Å². The van der Waals surface area contributed by atoms with Crippen LogP contribution in [0.25, 0.3) is 0 Å². The third-order valence-electron chi connectivity index (χ3n) is 4.39. The topological polar surface area (TPSA) is 64.3 Å². The number of ether oxygens (including phenoxy) is 1. The molecule has 1 atom stereocenters. The Morgan fingerprint density at radius 2 is 1.94 bits per heavy atom. The second kappa shape index (κ2) is 9.49. The Hall–Kier alpha value is -3.57. The molecule has 0 saturated heterocycles. The van der Waals surface area contributed by atoms with Crippen LogP contribution in [0.5, 0.6) is 0 Å². The average Bonchev–Trinajstić information content (AvgIpc) is 3.15. The summed E-state index contributed by atoms with van der Waals surface area (Å²) < 4.78 is 45.5. The summed E-state index contributed by atoms with van der Waals surface area (Å²) in [5.41, 5.74) is 0.544. The summed E-state index contributed by atoms with van der Waals surface area (Å²) >= 11 is 0. The van der Waals surface area contributed by atoms with Gasteiger partial charge in [0.25, 0.3) is 0 Å². The van der Waals surface area contributed by atoms with E-state index in [0.29, 0.717) is 11.1 Å². The summed E-state index contributed by atoms with van der Waals surface area (Å²) in [6, 6.07) is 15.3. The summed E-state index contributed by atoms with van der Waals surface area (Å²) in [5.74, 6) is 4.86. The summed E-state index contributed by atoms with van der Waals surface area (Å²) in [5, 5.41) is 10.3. The van der Waals surface area contributed by atoms with Crippen LogP contribution in [-0.2, 0) is 23.9 Å². The Bertz CT molecular complexity index is 1110. The zero-order chi connectivity index (χ0) is 22.4. The number of aliphatic hydroxyl groups excluding tert-OH is 1. The van der Waals surface area contributed by atoms with E-state index >= 15 is 0 Å². The van der Waals surface area contributed by atoms with Crippen LogP contribution in [0.1, 0.15) is 33.0 Å². The third kappa shape index (κ3) is 5.96. The monoisotopic (exact) mass is 428 g/mol. The van der Waals surface area contributed by atoms with Gasteiger partial charge in [0.1, 0.15) is 11.9 Å². The van der Waals surface area contributed by atoms with Crippen molar-refractivity contribution in [3.63, 3.8) is 0 Å². The molecule has 0 spiro atoms. The lowest BCUT2D eigenvalue weighted by molar-refractivity contribution is -0.141. The SMILES string of the molecule is COC(=O)c1cccc(C#CC(O)Cc2nc(C(F)(F)F)cn2Cc2ccccc2)c1. The van der Waals surface area contributed by atoms with Crippen molar-refractivity contribution in [3.05, 3.63) is 89.0 Å². The molecule has 0 bridgehead atoms. The number of nitrogens with zero attached hydrogens (tertiary/aromatic N) is 2. The first-order valence-electron chi connectivity index (χ1n) is 9.31. The highest BCUT2D eigenvalue weighted by atomic mass is 19.4. The van der Waals surface area contributed by atoms with Crippen LogP contribution in [0.2, 0.25) is 0 Å². The number of alkyl halides is 3. The van der Waals surface area contributed by atoms with E-state index in [-0.39, 0.29) is 18.8 Å². The Morgan fingerprint density at radius 3 is 2.61 bits per heavy atom. The summed E-state index contributed by atoms with van der Waals surface area (Å²) in [6.07, 6.45) is -5.10. The van der Waals surface area contributed by atoms with Gasteiger partial charge in [-0.3, -0.25) is 0 Å². The first-order valence-corrected chi connectivity index (χ1v) is 9.31. The zero-order valence-electron chi connectivity index (χ0n) is 16.6. The second-order valence-corrected chi connectivity index (χ2v) is 6.72. The molecule has 0 saturated carbocycles. The van der Waals surface area contributed by atoms with E-state index in [1.807, 2.05) is 6.07 Å². The van der Waals surface area contributed by atoms with Crippen LogP contribution in [0.3, 0.4) is 0 Å². The minimum atomic E-state index is -4.60. The van der Waals surface area contributed by atoms with Gasteiger partial charge in [0.2, 0.25) is 0 Å². The zero-order valence-corrected chi connectivity index (χ0v) is 16.6. The second-order valence-electron chi connectivity index (χ2n) is 6.72. The van der Waals surface area contributed by atoms with E-state index in [4.69, 9.17) is 0 Å². The van der Waals surface area contributed by atoms with Crippen LogP contribution >= 0.6 is 0 Å². The van der Waals surface area contributed by atoms with Crippen molar-refractivity contribution in [1.29, 1.82) is 0 Å². The minimum Gasteiger partial charge on any atom is -0.465 e. The van der Waals surface area contributed by atoms with Gasteiger partial charge in [0.15, 0.2) is 5.69 Å². The van der Waals surface area contributed by atoms with E-state index in [0.717, 1.165) is 11.8 Å². The number of carbonyl (C=O) groups is 1. The van der Waals surface area contributed by atoms with Crippen molar-refractivity contribution in [3.8, 4) is 11.8 Å². The maximum absolute atomic E-state index is 13.2. The van der Waals surface area contributed by atoms with Crippen molar-refractivity contribution in [1.82, 2.24) is 9.55 Å². The Labute approximate surface area is 177 Å². The van der Waals surface area contributed by atoms with Crippen LogP contribution in [0.15, 0.2) is 60.8 Å². The maximum atomic E-state index is 13.2. The predicted molar refractivity (Wildman–Crippen MR) is 107 cm³/mol. The number of aromatic nitrogens is 2. The third-order valence-corrected chi connectivity index (χ3v) is 4.39. The number of benzene rings is 2. The van der Waals surface area contributed by atoms with Gasteiger partial charge in [-0.05, 0) is 23.8 Å². The number of halogens is 3. The quantitative estimate of drug-likeness (QED) is 0.497. The smallest absolute Gasteiger partial charge is 0.434 e. The van der Waals surface area contributed by atoms with Crippen LogP contribution in [0, 0.1) is 11.8 Å². The summed E-state index contributed by atoms with van der Waals surface area (Å²) in [6.45, 7) is 0.181. The molecule has 5 nitrogen and oxygen atoms in total. The van der Waals surface area contributed by atoms with Gasteiger partial charge in [-0.2, -0.15) is 13.2 Å². The molecule has 3 rings (SSSR count). The van der Waals surface area contributed by atoms with E-state index < -0.39 is 23.9 Å². The van der Waals surface area contributed by atoms with Crippen molar-refractivity contribution in [2.75, 3.05) is 7.11 Å². The highest BCUT2D eigenvalue weighted by Crippen LogP contribution is 2.29. The number of aliphatic hydroxyl groups is 1. The minimum absolute atomic E-state index is 0.0706. The molecule has 1 heterocycles. The molecule has 2 aromatic carbocycles. The largest absolute Gasteiger partial charge is 0.465 e. The molecule has 0 aliphatic heterocycles. The molecule has 0 aliphatic carbocycles. The molecule has 160 valence electrons. The predicted octanol–water partition coefficient (Wildman–Crippen LogP) is 3.69. The Kier molecular flexibility index (Phi) is 6.78. The summed E-state index contributed by atoms with van der Waals surface area (Å²) in [4.78, 5) is 15.3. The molecule has 0 aliphatic rings. The molecular formula is C23H19F3N2O3. The molecule has 3 aromatic rings. The lowest BCUT2D eigenvalue weighted by Crippen LogP contribution is -2.13. The Morgan fingerprint density at radius 1 is 1.19 bits per heavy atom. The van der Waals surface area contributed by atoms with Gasteiger partial charge in [-0.25, -0.2) is 9.78 Å². The van der Waals surface area contributed by atoms with E-state index in [2.05, 4.69) is 21.6 Å². The molecule has 1 unspecified atom stereocenters. The van der Waals surface area contributed by atoms with Gasteiger partial charge < -0.3 is 14.4 Å². The first kappa shape index (κ1) is 22.1. The fourth-order valence-electron chi connectivity index (χ4n) is 2.90. The van der Waals surface area contributed by atoms with Crippen LogP contribution in [0.4, 0.5) is 13.2 Å².